The Balaban J connectivity index is 1.43. The summed E-state index contributed by atoms with van der Waals surface area (Å²) in [4.78, 5) is 20.3. The molecule has 0 bridgehead atoms. The van der Waals surface area contributed by atoms with Crippen LogP contribution in [0.4, 0.5) is 4.39 Å². The highest BCUT2D eigenvalue weighted by Gasteiger charge is 2.44. The van der Waals surface area contributed by atoms with Crippen molar-refractivity contribution in [1.29, 1.82) is 0 Å². The second-order valence-corrected chi connectivity index (χ2v) is 9.07. The maximum atomic E-state index is 13.3. The van der Waals surface area contributed by atoms with Crippen LogP contribution in [0.2, 0.25) is 0 Å². The highest BCUT2D eigenvalue weighted by molar-refractivity contribution is 7.11. The predicted octanol–water partition coefficient (Wildman–Crippen LogP) is 4.08. The number of benzene rings is 1. The first-order valence-electron chi connectivity index (χ1n) is 9.58. The maximum absolute atomic E-state index is 13.3. The van der Waals surface area contributed by atoms with E-state index in [1.54, 1.807) is 12.1 Å². The number of likely N-dealkylation sites (tertiary alicyclic amines) is 1. The van der Waals surface area contributed by atoms with Crippen molar-refractivity contribution in [3.8, 4) is 0 Å². The molecule has 3 aromatic rings. The van der Waals surface area contributed by atoms with Crippen molar-refractivity contribution in [2.75, 3.05) is 13.1 Å². The molecular weight excluding hydrogens is 373 g/mol. The molecule has 2 aliphatic heterocycles. The Labute approximate surface area is 167 Å². The molecule has 2 atom stereocenters. The number of aryl methyl sites for hydroxylation is 1. The summed E-state index contributed by atoms with van der Waals surface area (Å²) in [5.41, 5.74) is 1.71. The van der Waals surface area contributed by atoms with Gasteiger partial charge in [-0.1, -0.05) is 12.1 Å². The summed E-state index contributed by atoms with van der Waals surface area (Å²) in [6, 6.07) is 15.1. The zero-order valence-corrected chi connectivity index (χ0v) is 16.5. The van der Waals surface area contributed by atoms with Crippen LogP contribution in [0.5, 0.6) is 0 Å². The molecule has 0 aliphatic carbocycles. The van der Waals surface area contributed by atoms with Crippen LogP contribution in [0.25, 0.3) is 0 Å². The van der Waals surface area contributed by atoms with E-state index in [-0.39, 0.29) is 23.8 Å². The molecule has 2 aromatic heterocycles. The number of hydrogen-bond donors (Lipinski definition) is 0. The van der Waals surface area contributed by atoms with Crippen molar-refractivity contribution in [2.24, 2.45) is 0 Å². The third-order valence-corrected chi connectivity index (χ3v) is 6.78. The van der Waals surface area contributed by atoms with E-state index in [1.165, 1.54) is 21.9 Å². The van der Waals surface area contributed by atoms with E-state index in [9.17, 15) is 9.18 Å². The molecular formula is C22H22FN3OS. The minimum Gasteiger partial charge on any atom is -0.337 e. The molecule has 0 N–H and O–H groups in total. The molecule has 2 aliphatic rings. The number of hydrogen-bond acceptors (Lipinski definition) is 3. The highest BCUT2D eigenvalue weighted by atomic mass is 32.1. The Kier molecular flexibility index (Phi) is 4.33. The second kappa shape index (κ2) is 6.87. The third-order valence-electron chi connectivity index (χ3n) is 5.79. The first-order valence-corrected chi connectivity index (χ1v) is 10.4. The van der Waals surface area contributed by atoms with Crippen molar-refractivity contribution in [1.82, 2.24) is 14.4 Å². The monoisotopic (exact) mass is 395 g/mol. The van der Waals surface area contributed by atoms with Gasteiger partial charge in [-0.3, -0.25) is 9.69 Å². The fraction of sp³-hybridized carbons (Fsp3) is 0.318. The van der Waals surface area contributed by atoms with Gasteiger partial charge in [0.05, 0.1) is 12.1 Å². The number of halogens is 1. The van der Waals surface area contributed by atoms with E-state index in [0.29, 0.717) is 6.54 Å². The molecule has 144 valence electrons. The first-order chi connectivity index (χ1) is 13.6. The largest absolute Gasteiger partial charge is 0.337 e. The van der Waals surface area contributed by atoms with Crippen molar-refractivity contribution in [2.45, 2.75) is 32.1 Å². The molecule has 28 heavy (non-hydrogen) atoms. The maximum Gasteiger partial charge on any atom is 0.271 e. The molecule has 4 nitrogen and oxygen atoms in total. The number of rotatable bonds is 4. The molecule has 1 fully saturated rings. The lowest BCUT2D eigenvalue weighted by atomic mass is 10.0. The van der Waals surface area contributed by atoms with Gasteiger partial charge < -0.3 is 9.47 Å². The molecule has 4 heterocycles. The summed E-state index contributed by atoms with van der Waals surface area (Å²) in [5.74, 6) is -0.192. The molecule has 6 heteroatoms. The molecule has 0 saturated carbocycles. The van der Waals surface area contributed by atoms with Gasteiger partial charge in [-0.2, -0.15) is 0 Å². The van der Waals surface area contributed by atoms with Crippen molar-refractivity contribution in [3.05, 3.63) is 81.6 Å². The number of carbonyl (C=O) groups excluding carboxylic acids is 1. The van der Waals surface area contributed by atoms with E-state index >= 15 is 0 Å². The van der Waals surface area contributed by atoms with E-state index in [1.807, 2.05) is 34.6 Å². The summed E-state index contributed by atoms with van der Waals surface area (Å²) in [7, 11) is 0. The minimum atomic E-state index is -0.251. The third kappa shape index (κ3) is 3.06. The lowest BCUT2D eigenvalue weighted by molar-refractivity contribution is 0.0556. The van der Waals surface area contributed by atoms with Crippen LogP contribution in [-0.4, -0.2) is 39.4 Å². The van der Waals surface area contributed by atoms with Crippen molar-refractivity contribution >= 4 is 17.2 Å². The quantitative estimate of drug-likeness (QED) is 0.666. The Morgan fingerprint density at radius 1 is 1.04 bits per heavy atom. The zero-order valence-electron chi connectivity index (χ0n) is 15.7. The zero-order chi connectivity index (χ0) is 19.3. The lowest BCUT2D eigenvalue weighted by Gasteiger charge is -2.38. The average molecular weight is 396 g/mol. The summed E-state index contributed by atoms with van der Waals surface area (Å²) >= 11 is 1.84. The Morgan fingerprint density at radius 2 is 1.82 bits per heavy atom. The van der Waals surface area contributed by atoms with Gasteiger partial charge in [-0.05, 0) is 48.9 Å². The van der Waals surface area contributed by atoms with Crippen molar-refractivity contribution in [3.63, 3.8) is 0 Å². The normalized spacial score (nSPS) is 21.8. The van der Waals surface area contributed by atoms with Crippen molar-refractivity contribution < 1.29 is 9.18 Å². The Bertz CT molecular complexity index is 1010. The average Bonchev–Trinajstić information content (AvgIpc) is 3.40. The highest BCUT2D eigenvalue weighted by Crippen LogP contribution is 2.35. The van der Waals surface area contributed by atoms with E-state index in [4.69, 9.17) is 0 Å². The van der Waals surface area contributed by atoms with Crippen LogP contribution < -0.4 is 0 Å². The van der Waals surface area contributed by atoms with Crippen LogP contribution in [0.15, 0.2) is 54.7 Å². The van der Waals surface area contributed by atoms with Gasteiger partial charge in [0.2, 0.25) is 0 Å². The smallest absolute Gasteiger partial charge is 0.271 e. The second-order valence-electron chi connectivity index (χ2n) is 7.70. The Hall–Kier alpha value is -2.44. The van der Waals surface area contributed by atoms with E-state index in [2.05, 4.69) is 28.5 Å². The molecule has 1 saturated heterocycles. The number of thiophene rings is 1. The van der Waals surface area contributed by atoms with Gasteiger partial charge in [0, 0.05) is 42.1 Å². The molecule has 0 spiro atoms. The number of aromatic nitrogens is 1. The Morgan fingerprint density at radius 3 is 2.57 bits per heavy atom. The fourth-order valence-electron chi connectivity index (χ4n) is 4.48. The predicted molar refractivity (Wildman–Crippen MR) is 108 cm³/mol. The van der Waals surface area contributed by atoms with Crippen LogP contribution in [-0.2, 0) is 13.1 Å². The SMILES string of the molecule is Cc1ccc(CN2C[C@@H]3[C@H](C2)N(Cc2ccc(F)cc2)C(=O)c2cccn23)s1. The molecule has 0 unspecified atom stereocenters. The van der Waals surface area contributed by atoms with Gasteiger partial charge in [-0.15, -0.1) is 11.3 Å². The lowest BCUT2D eigenvalue weighted by Crippen LogP contribution is -2.49. The van der Waals surface area contributed by atoms with Crippen LogP contribution in [0, 0.1) is 12.7 Å². The number of fused-ring (bicyclic) bond motifs is 3. The minimum absolute atomic E-state index is 0.0596. The molecule has 5 rings (SSSR count). The van der Waals surface area contributed by atoms with Crippen LogP contribution in [0.3, 0.4) is 0 Å². The number of nitrogens with zero attached hydrogens (tertiary/aromatic N) is 3. The summed E-state index contributed by atoms with van der Waals surface area (Å²) in [6.45, 7) is 5.34. The van der Waals surface area contributed by atoms with E-state index in [0.717, 1.165) is 30.9 Å². The van der Waals surface area contributed by atoms with Gasteiger partial charge in [-0.25, -0.2) is 4.39 Å². The van der Waals surface area contributed by atoms with Gasteiger partial charge in [0.15, 0.2) is 0 Å². The first kappa shape index (κ1) is 17.6. The summed E-state index contributed by atoms with van der Waals surface area (Å²) in [6.07, 6.45) is 2.03. The van der Waals surface area contributed by atoms with Crippen LogP contribution in [0.1, 0.15) is 31.8 Å². The molecule has 1 amide bonds. The standard InChI is InChI=1S/C22H22FN3OS/c1-15-4-9-18(28-15)12-24-13-20-21(14-24)26(11-16-5-7-17(23)8-6-16)22(27)19-3-2-10-25(19)20/h2-10,20-21H,11-14H2,1H3/t20-,21+/m1/s1. The molecule has 1 aromatic carbocycles. The number of carbonyl (C=O) groups is 1. The van der Waals surface area contributed by atoms with Crippen LogP contribution >= 0.6 is 11.3 Å². The van der Waals surface area contributed by atoms with Gasteiger partial charge >= 0.3 is 0 Å². The molecule has 0 radical (unpaired) electrons. The summed E-state index contributed by atoms with van der Waals surface area (Å²) in [5, 5.41) is 0. The van der Waals surface area contributed by atoms with E-state index < -0.39 is 0 Å². The van der Waals surface area contributed by atoms with Gasteiger partial charge in [0.25, 0.3) is 5.91 Å². The fourth-order valence-corrected chi connectivity index (χ4v) is 5.42. The number of amides is 1. The summed E-state index contributed by atoms with van der Waals surface area (Å²) < 4.78 is 15.4. The topological polar surface area (TPSA) is 28.5 Å². The van der Waals surface area contributed by atoms with Gasteiger partial charge in [0.1, 0.15) is 11.5 Å².